The Bertz CT molecular complexity index is 268. The van der Waals surface area contributed by atoms with Crippen molar-refractivity contribution < 1.29 is 0 Å². The van der Waals surface area contributed by atoms with Crippen molar-refractivity contribution in [2.45, 2.75) is 38.6 Å². The van der Waals surface area contributed by atoms with E-state index < -0.39 is 0 Å². The van der Waals surface area contributed by atoms with Crippen molar-refractivity contribution in [1.82, 2.24) is 5.32 Å². The third-order valence-corrected chi connectivity index (χ3v) is 4.15. The van der Waals surface area contributed by atoms with E-state index in [2.05, 4.69) is 36.0 Å². The molecule has 1 aromatic heterocycles. The summed E-state index contributed by atoms with van der Waals surface area (Å²) in [6, 6.07) is 3.06. The molecule has 1 aromatic rings. The highest BCUT2D eigenvalue weighted by Gasteiger charge is 2.39. The van der Waals surface area contributed by atoms with Gasteiger partial charge in [-0.25, -0.2) is 0 Å². The molecule has 1 saturated carbocycles. The van der Waals surface area contributed by atoms with Gasteiger partial charge in [-0.1, -0.05) is 20.3 Å². The minimum absolute atomic E-state index is 0.773. The van der Waals surface area contributed by atoms with E-state index in [1.54, 1.807) is 5.56 Å². The van der Waals surface area contributed by atoms with Gasteiger partial charge in [-0.15, -0.1) is 0 Å². The Kier molecular flexibility index (Phi) is 3.24. The fourth-order valence-corrected chi connectivity index (χ4v) is 3.37. The van der Waals surface area contributed by atoms with Gasteiger partial charge in [0.2, 0.25) is 0 Å². The van der Waals surface area contributed by atoms with Crippen LogP contribution in [0.3, 0.4) is 0 Å². The van der Waals surface area contributed by atoms with Crippen LogP contribution < -0.4 is 5.32 Å². The molecule has 3 atom stereocenters. The van der Waals surface area contributed by atoms with Crippen LogP contribution in [0.1, 0.15) is 38.2 Å². The first kappa shape index (κ1) is 10.2. The van der Waals surface area contributed by atoms with Gasteiger partial charge in [0, 0.05) is 6.04 Å². The van der Waals surface area contributed by atoms with Gasteiger partial charge in [-0.05, 0) is 47.2 Å². The summed E-state index contributed by atoms with van der Waals surface area (Å²) in [7, 11) is 0. The van der Waals surface area contributed by atoms with Gasteiger partial charge in [-0.3, -0.25) is 0 Å². The second-order valence-corrected chi connectivity index (χ2v) is 4.92. The summed E-state index contributed by atoms with van der Waals surface area (Å²) in [6.07, 6.45) is 2.64. The molecule has 0 saturated heterocycles. The number of thiophene rings is 1. The van der Waals surface area contributed by atoms with Crippen LogP contribution in [0, 0.1) is 5.92 Å². The van der Waals surface area contributed by atoms with Gasteiger partial charge < -0.3 is 5.32 Å². The molecule has 78 valence electrons. The summed E-state index contributed by atoms with van der Waals surface area (Å²) in [6.45, 7) is 5.62. The lowest BCUT2D eigenvalue weighted by molar-refractivity contribution is 0.163. The summed E-state index contributed by atoms with van der Waals surface area (Å²) in [4.78, 5) is 0. The van der Waals surface area contributed by atoms with Crippen molar-refractivity contribution in [1.29, 1.82) is 0 Å². The second kappa shape index (κ2) is 4.45. The van der Waals surface area contributed by atoms with E-state index in [-0.39, 0.29) is 0 Å². The fourth-order valence-electron chi connectivity index (χ4n) is 2.64. The Morgan fingerprint density at radius 2 is 2.36 bits per heavy atom. The van der Waals surface area contributed by atoms with Gasteiger partial charge in [0.15, 0.2) is 0 Å². The molecule has 0 radical (unpaired) electrons. The molecule has 3 unspecified atom stereocenters. The van der Waals surface area contributed by atoms with E-state index >= 15 is 0 Å². The highest BCUT2D eigenvalue weighted by Crippen LogP contribution is 2.45. The molecule has 0 aromatic carbocycles. The van der Waals surface area contributed by atoms with Crippen LogP contribution in [-0.2, 0) is 0 Å². The molecule has 1 heterocycles. The van der Waals surface area contributed by atoms with Crippen molar-refractivity contribution >= 4 is 11.3 Å². The van der Waals surface area contributed by atoms with Crippen LogP contribution in [0.4, 0.5) is 0 Å². The summed E-state index contributed by atoms with van der Waals surface area (Å²) < 4.78 is 0. The molecular weight excluding hydrogens is 190 g/mol. The van der Waals surface area contributed by atoms with Crippen LogP contribution in [0.25, 0.3) is 0 Å². The van der Waals surface area contributed by atoms with Crippen molar-refractivity contribution in [3.8, 4) is 0 Å². The normalized spacial score (nSPS) is 31.4. The second-order valence-electron chi connectivity index (χ2n) is 4.14. The third kappa shape index (κ3) is 1.73. The van der Waals surface area contributed by atoms with Crippen molar-refractivity contribution in [3.05, 3.63) is 22.4 Å². The van der Waals surface area contributed by atoms with E-state index in [9.17, 15) is 0 Å². The molecule has 0 bridgehead atoms. The molecule has 2 rings (SSSR count). The standard InChI is InChI=1S/C12H19NS/c1-3-10-11(7-12(10)13-4-2)9-5-6-14-8-9/h5-6,8,10-13H,3-4,7H2,1-2H3. The lowest BCUT2D eigenvalue weighted by atomic mass is 9.65. The molecule has 1 aliphatic rings. The first-order valence-corrected chi connectivity index (χ1v) is 6.56. The van der Waals surface area contributed by atoms with Gasteiger partial charge in [0.25, 0.3) is 0 Å². The number of nitrogens with one attached hydrogen (secondary N) is 1. The van der Waals surface area contributed by atoms with Crippen LogP contribution in [-0.4, -0.2) is 12.6 Å². The topological polar surface area (TPSA) is 12.0 Å². The first-order valence-electron chi connectivity index (χ1n) is 5.62. The first-order chi connectivity index (χ1) is 6.86. The zero-order chi connectivity index (χ0) is 9.97. The molecule has 2 heteroatoms. The average molecular weight is 209 g/mol. The smallest absolute Gasteiger partial charge is 0.0107 e. The summed E-state index contributed by atoms with van der Waals surface area (Å²) in [5, 5.41) is 8.09. The molecule has 0 amide bonds. The molecular formula is C12H19NS. The zero-order valence-corrected chi connectivity index (χ0v) is 9.81. The minimum atomic E-state index is 0.773. The molecule has 0 aliphatic heterocycles. The molecule has 1 N–H and O–H groups in total. The van der Waals surface area contributed by atoms with Crippen LogP contribution >= 0.6 is 11.3 Å². The Balaban J connectivity index is 1.98. The van der Waals surface area contributed by atoms with Crippen molar-refractivity contribution in [2.75, 3.05) is 6.54 Å². The van der Waals surface area contributed by atoms with Crippen molar-refractivity contribution in [3.63, 3.8) is 0 Å². The van der Waals surface area contributed by atoms with Gasteiger partial charge in [0.05, 0.1) is 0 Å². The highest BCUT2D eigenvalue weighted by molar-refractivity contribution is 7.07. The predicted molar refractivity (Wildman–Crippen MR) is 62.9 cm³/mol. The monoisotopic (exact) mass is 209 g/mol. The van der Waals surface area contributed by atoms with Crippen molar-refractivity contribution in [2.24, 2.45) is 5.92 Å². The minimum Gasteiger partial charge on any atom is -0.314 e. The van der Waals surface area contributed by atoms with Crippen LogP contribution in [0.5, 0.6) is 0 Å². The van der Waals surface area contributed by atoms with Crippen LogP contribution in [0.2, 0.25) is 0 Å². The van der Waals surface area contributed by atoms with E-state index in [1.165, 1.54) is 12.8 Å². The predicted octanol–water partition coefficient (Wildman–Crippen LogP) is 3.24. The van der Waals surface area contributed by atoms with Gasteiger partial charge in [-0.2, -0.15) is 11.3 Å². The molecule has 1 nitrogen and oxygen atoms in total. The molecule has 14 heavy (non-hydrogen) atoms. The zero-order valence-electron chi connectivity index (χ0n) is 8.99. The van der Waals surface area contributed by atoms with Crippen LogP contribution in [0.15, 0.2) is 16.8 Å². The highest BCUT2D eigenvalue weighted by atomic mass is 32.1. The van der Waals surface area contributed by atoms with Gasteiger partial charge >= 0.3 is 0 Å². The maximum Gasteiger partial charge on any atom is 0.0107 e. The summed E-state index contributed by atoms with van der Waals surface area (Å²) in [5.41, 5.74) is 1.57. The van der Waals surface area contributed by atoms with Gasteiger partial charge in [0.1, 0.15) is 0 Å². The Morgan fingerprint density at radius 1 is 1.50 bits per heavy atom. The maximum atomic E-state index is 3.58. The Labute approximate surface area is 90.5 Å². The Morgan fingerprint density at radius 3 is 2.93 bits per heavy atom. The number of rotatable bonds is 4. The number of hydrogen-bond donors (Lipinski definition) is 1. The third-order valence-electron chi connectivity index (χ3n) is 3.45. The summed E-state index contributed by atoms with van der Waals surface area (Å²) in [5.74, 6) is 1.69. The number of hydrogen-bond acceptors (Lipinski definition) is 2. The van der Waals surface area contributed by atoms with E-state index in [0.29, 0.717) is 0 Å². The average Bonchev–Trinajstić information content (AvgIpc) is 2.65. The largest absolute Gasteiger partial charge is 0.314 e. The SMILES string of the molecule is CCNC1CC(c2ccsc2)C1CC. The van der Waals surface area contributed by atoms with E-state index in [4.69, 9.17) is 0 Å². The fraction of sp³-hybridized carbons (Fsp3) is 0.667. The molecule has 1 aliphatic carbocycles. The lowest BCUT2D eigenvalue weighted by Crippen LogP contribution is -2.48. The Hall–Kier alpha value is -0.340. The quantitative estimate of drug-likeness (QED) is 0.802. The van der Waals surface area contributed by atoms with E-state index in [1.807, 2.05) is 11.3 Å². The van der Waals surface area contributed by atoms with E-state index in [0.717, 1.165) is 24.4 Å². The summed E-state index contributed by atoms with van der Waals surface area (Å²) >= 11 is 1.82. The molecule has 1 fully saturated rings. The lowest BCUT2D eigenvalue weighted by Gasteiger charge is -2.45. The molecule has 0 spiro atoms. The maximum absolute atomic E-state index is 3.58.